The molecule has 1 saturated heterocycles. The quantitative estimate of drug-likeness (QED) is 0.181. The monoisotopic (exact) mass is 653 g/mol. The molecular formula is C40H51NO5Si. The summed E-state index contributed by atoms with van der Waals surface area (Å²) in [6, 6.07) is 30.9. The molecule has 0 spiro atoms. The van der Waals surface area contributed by atoms with Crippen molar-refractivity contribution in [3.8, 4) is 0 Å². The lowest BCUT2D eigenvalue weighted by atomic mass is 9.68. The number of Topliss-reactive ketones (excluding diaryl/α,β-unsaturated/α-hetero) is 2. The maximum atomic E-state index is 14.0. The topological polar surface area (TPSA) is 72.9 Å². The standard InChI is InChI=1S/C40H51NO5Si/c1-30-27-41(38(44)45-29-31-16-9-6-10-17-31)28-32(40(5)24-23-36(42)35(30)26-37(40)43)18-15-25-46-47(39(2,3)4,33-19-11-7-12-20-33)34-21-13-8-14-22-34/h6-14,16-17,19-22,30,32,35H,15,18,23-29H2,1-5H3/t30?,32?,35?,40-/m1/s1. The van der Waals surface area contributed by atoms with Crippen LogP contribution in [0.4, 0.5) is 4.79 Å². The third kappa shape index (κ3) is 7.47. The van der Waals surface area contributed by atoms with Gasteiger partial charge in [-0.1, -0.05) is 126 Å². The van der Waals surface area contributed by atoms with E-state index in [2.05, 4.69) is 69.3 Å². The minimum Gasteiger partial charge on any atom is -0.445 e. The van der Waals surface area contributed by atoms with Gasteiger partial charge in [-0.25, -0.2) is 4.79 Å². The van der Waals surface area contributed by atoms with Crippen LogP contribution in [-0.4, -0.2) is 50.6 Å². The zero-order chi connectivity index (χ0) is 33.7. The second kappa shape index (κ2) is 14.7. The molecule has 2 bridgehead atoms. The molecule has 1 aliphatic heterocycles. The zero-order valence-corrected chi connectivity index (χ0v) is 29.7. The van der Waals surface area contributed by atoms with Gasteiger partial charge in [0.2, 0.25) is 0 Å². The van der Waals surface area contributed by atoms with E-state index in [9.17, 15) is 14.4 Å². The van der Waals surface area contributed by atoms with Gasteiger partial charge >= 0.3 is 6.09 Å². The Morgan fingerprint density at radius 3 is 2.04 bits per heavy atom. The van der Waals surface area contributed by atoms with Crippen LogP contribution in [0.2, 0.25) is 5.04 Å². The lowest BCUT2D eigenvalue weighted by Gasteiger charge is -2.43. The Morgan fingerprint density at radius 2 is 1.47 bits per heavy atom. The molecule has 3 aromatic carbocycles. The lowest BCUT2D eigenvalue weighted by molar-refractivity contribution is -0.132. The number of amides is 1. The van der Waals surface area contributed by atoms with E-state index >= 15 is 0 Å². The van der Waals surface area contributed by atoms with Crippen LogP contribution in [0.5, 0.6) is 0 Å². The second-order valence-corrected chi connectivity index (χ2v) is 19.2. The Balaban J connectivity index is 1.40. The van der Waals surface area contributed by atoms with Crippen molar-refractivity contribution in [1.29, 1.82) is 0 Å². The highest BCUT2D eigenvalue weighted by atomic mass is 28.4. The summed E-state index contributed by atoms with van der Waals surface area (Å²) in [7, 11) is -2.71. The summed E-state index contributed by atoms with van der Waals surface area (Å²) in [5.74, 6) is -0.333. The van der Waals surface area contributed by atoms with Gasteiger partial charge in [-0.2, -0.15) is 0 Å². The molecule has 1 heterocycles. The average Bonchev–Trinajstić information content (AvgIpc) is 3.16. The van der Waals surface area contributed by atoms with Crippen LogP contribution in [0.3, 0.4) is 0 Å². The Labute approximate surface area is 282 Å². The first kappa shape index (κ1) is 34.8. The number of carbonyl (C=O) groups excluding carboxylic acids is 3. The SMILES string of the molecule is CC1CN(C(=O)OCc2ccccc2)CC(CCCO[Si](c2ccccc2)(c2ccccc2)C(C)(C)C)[C@@]2(C)CCC(=O)C1CC2=O. The van der Waals surface area contributed by atoms with Crippen molar-refractivity contribution >= 4 is 36.4 Å². The number of carbonyl (C=O) groups is 3. The van der Waals surface area contributed by atoms with Crippen molar-refractivity contribution in [2.24, 2.45) is 23.2 Å². The fourth-order valence-corrected chi connectivity index (χ4v) is 12.5. The molecule has 250 valence electrons. The van der Waals surface area contributed by atoms with Gasteiger partial charge in [0.15, 0.2) is 0 Å². The minimum absolute atomic E-state index is 0.126. The van der Waals surface area contributed by atoms with Crippen LogP contribution in [0.25, 0.3) is 0 Å². The molecule has 47 heavy (non-hydrogen) atoms. The first-order valence-corrected chi connectivity index (χ1v) is 19.1. The number of hydrogen-bond donors (Lipinski definition) is 0. The number of rotatable bonds is 9. The molecule has 7 heteroatoms. The lowest BCUT2D eigenvalue weighted by Crippen LogP contribution is -2.66. The number of hydrogen-bond acceptors (Lipinski definition) is 5. The molecule has 6 nitrogen and oxygen atoms in total. The van der Waals surface area contributed by atoms with Gasteiger partial charge in [-0.05, 0) is 52.1 Å². The molecule has 0 aromatic heterocycles. The van der Waals surface area contributed by atoms with Gasteiger partial charge in [0, 0.05) is 43.9 Å². The highest BCUT2D eigenvalue weighted by Gasteiger charge is 2.51. The highest BCUT2D eigenvalue weighted by Crippen LogP contribution is 2.45. The van der Waals surface area contributed by atoms with E-state index in [-0.39, 0.29) is 47.4 Å². The molecule has 3 aromatic rings. The summed E-state index contributed by atoms with van der Waals surface area (Å²) in [5, 5.41) is 2.33. The average molecular weight is 654 g/mol. The fraction of sp³-hybridized carbons (Fsp3) is 0.475. The van der Waals surface area contributed by atoms with Gasteiger partial charge in [-0.15, -0.1) is 0 Å². The predicted molar refractivity (Wildman–Crippen MR) is 189 cm³/mol. The van der Waals surface area contributed by atoms with Gasteiger partial charge in [0.25, 0.3) is 8.32 Å². The van der Waals surface area contributed by atoms with Crippen molar-refractivity contribution in [2.75, 3.05) is 19.7 Å². The highest BCUT2D eigenvalue weighted by molar-refractivity contribution is 6.99. The third-order valence-corrected chi connectivity index (χ3v) is 15.8. The molecule has 5 rings (SSSR count). The van der Waals surface area contributed by atoms with Crippen molar-refractivity contribution in [1.82, 2.24) is 4.90 Å². The van der Waals surface area contributed by atoms with E-state index < -0.39 is 19.8 Å². The third-order valence-electron chi connectivity index (χ3n) is 10.8. The molecule has 2 fully saturated rings. The largest absolute Gasteiger partial charge is 0.445 e. The Bertz CT molecular complexity index is 1470. The van der Waals surface area contributed by atoms with Crippen LogP contribution in [-0.2, 0) is 25.4 Å². The first-order chi connectivity index (χ1) is 22.5. The van der Waals surface area contributed by atoms with Crippen molar-refractivity contribution < 1.29 is 23.5 Å². The van der Waals surface area contributed by atoms with Crippen LogP contribution >= 0.6 is 0 Å². The summed E-state index contributed by atoms with van der Waals surface area (Å²) in [6.07, 6.45) is 2.22. The smallest absolute Gasteiger partial charge is 0.410 e. The van der Waals surface area contributed by atoms with Crippen LogP contribution in [0.1, 0.15) is 72.3 Å². The minimum atomic E-state index is -2.71. The fourth-order valence-electron chi connectivity index (χ4n) is 7.91. The van der Waals surface area contributed by atoms with Crippen molar-refractivity contribution in [3.63, 3.8) is 0 Å². The molecular weight excluding hydrogens is 603 g/mol. The first-order valence-electron chi connectivity index (χ1n) is 17.2. The van der Waals surface area contributed by atoms with Crippen LogP contribution in [0.15, 0.2) is 91.0 Å². The van der Waals surface area contributed by atoms with E-state index in [0.717, 1.165) is 12.0 Å². The molecule has 0 N–H and O–H groups in total. The number of benzene rings is 3. The molecule has 1 aliphatic carbocycles. The van der Waals surface area contributed by atoms with E-state index in [0.29, 0.717) is 39.0 Å². The predicted octanol–water partition coefficient (Wildman–Crippen LogP) is 7.19. The molecule has 4 atom stereocenters. The number of ether oxygens (including phenoxy) is 1. The molecule has 2 aliphatic rings. The van der Waals surface area contributed by atoms with Gasteiger partial charge in [-0.3, -0.25) is 9.59 Å². The summed E-state index contributed by atoms with van der Waals surface area (Å²) >= 11 is 0. The summed E-state index contributed by atoms with van der Waals surface area (Å²) in [5.41, 5.74) is 0.216. The van der Waals surface area contributed by atoms with Gasteiger partial charge < -0.3 is 14.1 Å². The van der Waals surface area contributed by atoms with Gasteiger partial charge in [0.05, 0.1) is 0 Å². The summed E-state index contributed by atoms with van der Waals surface area (Å²) < 4.78 is 13.0. The Hall–Kier alpha value is -3.55. The number of fused-ring (bicyclic) bond motifs is 3. The van der Waals surface area contributed by atoms with E-state index in [1.807, 2.05) is 56.3 Å². The molecule has 0 radical (unpaired) electrons. The Morgan fingerprint density at radius 1 is 0.894 bits per heavy atom. The van der Waals surface area contributed by atoms with Crippen LogP contribution in [0, 0.1) is 23.2 Å². The second-order valence-electron chi connectivity index (χ2n) is 14.9. The van der Waals surface area contributed by atoms with Crippen molar-refractivity contribution in [2.45, 2.75) is 78.4 Å². The number of nitrogens with zero attached hydrogens (tertiary/aromatic N) is 1. The normalized spacial score (nSPS) is 23.9. The van der Waals surface area contributed by atoms with E-state index in [1.54, 1.807) is 4.90 Å². The maximum absolute atomic E-state index is 14.0. The molecule has 1 amide bonds. The zero-order valence-electron chi connectivity index (χ0n) is 28.7. The number of ketones is 2. The van der Waals surface area contributed by atoms with Crippen molar-refractivity contribution in [3.05, 3.63) is 96.6 Å². The van der Waals surface area contributed by atoms with E-state index in [4.69, 9.17) is 9.16 Å². The summed E-state index contributed by atoms with van der Waals surface area (Å²) in [6.45, 7) is 12.4. The van der Waals surface area contributed by atoms with Gasteiger partial charge in [0.1, 0.15) is 18.2 Å². The van der Waals surface area contributed by atoms with E-state index in [1.165, 1.54) is 10.4 Å². The maximum Gasteiger partial charge on any atom is 0.410 e. The Kier molecular flexibility index (Phi) is 10.9. The van der Waals surface area contributed by atoms with Crippen LogP contribution < -0.4 is 10.4 Å². The summed E-state index contributed by atoms with van der Waals surface area (Å²) in [4.78, 5) is 42.7. The molecule has 3 unspecified atom stereocenters. The molecule has 1 saturated carbocycles.